The van der Waals surface area contributed by atoms with E-state index in [-0.39, 0.29) is 23.5 Å². The minimum absolute atomic E-state index is 0.115. The zero-order valence-corrected chi connectivity index (χ0v) is 16.2. The lowest BCUT2D eigenvalue weighted by atomic mass is 9.55. The molecular formula is C21H27N3O3. The summed E-state index contributed by atoms with van der Waals surface area (Å²) in [5.74, 6) is 2.11. The molecule has 0 heterocycles. The summed E-state index contributed by atoms with van der Waals surface area (Å²) in [5.41, 5.74) is 11.8. The fraction of sp³-hybridized carbons (Fsp3) is 0.667. The molecule has 4 rings (SSSR count). The van der Waals surface area contributed by atoms with Crippen LogP contribution in [0.1, 0.15) is 56.6 Å². The SMILES string of the molecule is COc1ccc2c(c1)CC[C@@H]1[C@@H]2CC[C@@]2(C)[C@H]1C[C@H](N=[N+]=[N-])[C@@H]2OC(C)=O. The van der Waals surface area contributed by atoms with E-state index >= 15 is 0 Å². The number of methoxy groups -OCH3 is 1. The zero-order valence-electron chi connectivity index (χ0n) is 16.2. The molecule has 0 unspecified atom stereocenters. The Labute approximate surface area is 159 Å². The minimum Gasteiger partial charge on any atom is -0.497 e. The second-order valence-corrected chi connectivity index (χ2v) is 8.56. The molecule has 2 fully saturated rings. The third-order valence-corrected chi connectivity index (χ3v) is 7.36. The summed E-state index contributed by atoms with van der Waals surface area (Å²) < 4.78 is 11.1. The normalized spacial score (nSPS) is 36.6. The van der Waals surface area contributed by atoms with E-state index < -0.39 is 0 Å². The molecule has 3 aliphatic rings. The third kappa shape index (κ3) is 2.87. The van der Waals surface area contributed by atoms with Crippen LogP contribution in [0.15, 0.2) is 23.3 Å². The number of rotatable bonds is 3. The lowest BCUT2D eigenvalue weighted by molar-refractivity contribution is -0.155. The maximum atomic E-state index is 11.7. The van der Waals surface area contributed by atoms with Gasteiger partial charge in [0, 0.05) is 17.3 Å². The van der Waals surface area contributed by atoms with E-state index in [1.165, 1.54) is 18.1 Å². The van der Waals surface area contributed by atoms with Crippen molar-refractivity contribution >= 4 is 5.97 Å². The summed E-state index contributed by atoms with van der Waals surface area (Å²) in [6.45, 7) is 3.68. The average molecular weight is 369 g/mol. The van der Waals surface area contributed by atoms with Crippen LogP contribution in [0.3, 0.4) is 0 Å². The molecule has 3 aliphatic carbocycles. The maximum Gasteiger partial charge on any atom is 0.302 e. The summed E-state index contributed by atoms with van der Waals surface area (Å²) >= 11 is 0. The van der Waals surface area contributed by atoms with Gasteiger partial charge in [-0.05, 0) is 78.6 Å². The zero-order chi connectivity index (χ0) is 19.2. The number of ether oxygens (including phenoxy) is 2. The van der Waals surface area contributed by atoms with Crippen LogP contribution < -0.4 is 4.74 Å². The summed E-state index contributed by atoms with van der Waals surface area (Å²) in [4.78, 5) is 14.7. The molecule has 0 saturated heterocycles. The Kier molecular flexibility index (Phi) is 4.55. The second kappa shape index (κ2) is 6.75. The molecule has 0 N–H and O–H groups in total. The second-order valence-electron chi connectivity index (χ2n) is 8.56. The number of benzene rings is 1. The highest BCUT2D eigenvalue weighted by atomic mass is 16.5. The van der Waals surface area contributed by atoms with Gasteiger partial charge in [0.15, 0.2) is 0 Å². The van der Waals surface area contributed by atoms with Gasteiger partial charge in [0.05, 0.1) is 13.2 Å². The standard InChI is InChI=1S/C21H27N3O3/c1-12(25)27-20-19(23-24-22)11-18-17-6-4-13-10-14(26-3)5-7-15(13)16(17)8-9-21(18,20)2/h5,7,10,16-20H,4,6,8-9,11H2,1-3H3/t16-,17-,18+,19+,20+,21+/m1/s1. The number of azide groups is 1. The van der Waals surface area contributed by atoms with Crippen LogP contribution in [0.5, 0.6) is 5.75 Å². The number of hydrogen-bond acceptors (Lipinski definition) is 4. The number of esters is 1. The lowest BCUT2D eigenvalue weighted by Crippen LogP contribution is -2.46. The van der Waals surface area contributed by atoms with Gasteiger partial charge >= 0.3 is 5.97 Å². The first-order chi connectivity index (χ1) is 13.0. The number of fused-ring (bicyclic) bond motifs is 5. The Bertz CT molecular complexity index is 804. The van der Waals surface area contributed by atoms with Crippen LogP contribution in [-0.2, 0) is 16.0 Å². The summed E-state index contributed by atoms with van der Waals surface area (Å²) in [6.07, 6.45) is 4.74. The molecule has 2 saturated carbocycles. The van der Waals surface area contributed by atoms with Gasteiger partial charge in [-0.1, -0.05) is 18.1 Å². The molecule has 144 valence electrons. The van der Waals surface area contributed by atoms with E-state index in [9.17, 15) is 4.79 Å². The molecule has 6 atom stereocenters. The highest BCUT2D eigenvalue weighted by molar-refractivity contribution is 5.66. The predicted octanol–water partition coefficient (Wildman–Crippen LogP) is 4.77. The van der Waals surface area contributed by atoms with E-state index in [2.05, 4.69) is 35.1 Å². The average Bonchev–Trinajstić information content (AvgIpc) is 2.93. The maximum absolute atomic E-state index is 11.7. The first-order valence-electron chi connectivity index (χ1n) is 9.86. The van der Waals surface area contributed by atoms with Crippen LogP contribution in [0.25, 0.3) is 10.4 Å². The van der Waals surface area contributed by atoms with E-state index in [1.54, 1.807) is 7.11 Å². The van der Waals surface area contributed by atoms with Crippen molar-refractivity contribution in [2.45, 2.75) is 64.0 Å². The lowest BCUT2D eigenvalue weighted by Gasteiger charge is -2.50. The molecule has 0 aromatic heterocycles. The highest BCUT2D eigenvalue weighted by Crippen LogP contribution is 2.62. The fourth-order valence-corrected chi connectivity index (χ4v) is 6.22. The number of hydrogen-bond donors (Lipinski definition) is 0. The summed E-state index contributed by atoms with van der Waals surface area (Å²) in [6, 6.07) is 6.22. The minimum atomic E-state index is -0.311. The van der Waals surface area contributed by atoms with Crippen molar-refractivity contribution < 1.29 is 14.3 Å². The molecule has 0 aliphatic heterocycles. The van der Waals surface area contributed by atoms with Gasteiger partial charge in [0.25, 0.3) is 0 Å². The molecule has 6 nitrogen and oxygen atoms in total. The van der Waals surface area contributed by atoms with Crippen molar-refractivity contribution in [2.24, 2.45) is 22.4 Å². The Morgan fingerprint density at radius 2 is 2.19 bits per heavy atom. The Morgan fingerprint density at radius 3 is 2.89 bits per heavy atom. The molecule has 27 heavy (non-hydrogen) atoms. The van der Waals surface area contributed by atoms with Crippen molar-refractivity contribution in [1.82, 2.24) is 0 Å². The monoisotopic (exact) mass is 369 g/mol. The van der Waals surface area contributed by atoms with Crippen LogP contribution >= 0.6 is 0 Å². The summed E-state index contributed by atoms with van der Waals surface area (Å²) in [5, 5.41) is 4.02. The van der Waals surface area contributed by atoms with Gasteiger partial charge in [-0.2, -0.15) is 0 Å². The predicted molar refractivity (Wildman–Crippen MR) is 101 cm³/mol. The van der Waals surface area contributed by atoms with Gasteiger partial charge in [0.1, 0.15) is 11.9 Å². The molecule has 0 bridgehead atoms. The smallest absolute Gasteiger partial charge is 0.302 e. The quantitative estimate of drug-likeness (QED) is 0.333. The molecule has 6 heteroatoms. The van der Waals surface area contributed by atoms with Crippen LogP contribution in [0, 0.1) is 17.3 Å². The van der Waals surface area contributed by atoms with Crippen LogP contribution in [0.4, 0.5) is 0 Å². The van der Waals surface area contributed by atoms with Gasteiger partial charge < -0.3 is 9.47 Å². The van der Waals surface area contributed by atoms with Crippen molar-refractivity contribution in [1.29, 1.82) is 0 Å². The Morgan fingerprint density at radius 1 is 1.37 bits per heavy atom. The van der Waals surface area contributed by atoms with E-state index in [0.717, 1.165) is 37.9 Å². The summed E-state index contributed by atoms with van der Waals surface area (Å²) in [7, 11) is 1.71. The largest absolute Gasteiger partial charge is 0.497 e. The number of carbonyl (C=O) groups excluding carboxylic acids is 1. The van der Waals surface area contributed by atoms with E-state index in [0.29, 0.717) is 17.8 Å². The molecule has 0 spiro atoms. The fourth-order valence-electron chi connectivity index (χ4n) is 6.22. The highest BCUT2D eigenvalue weighted by Gasteiger charge is 2.59. The van der Waals surface area contributed by atoms with Gasteiger partial charge in [0.2, 0.25) is 0 Å². The molecular weight excluding hydrogens is 342 g/mol. The molecule has 0 amide bonds. The Balaban J connectivity index is 1.67. The first-order valence-corrected chi connectivity index (χ1v) is 9.86. The number of nitrogens with zero attached hydrogens (tertiary/aromatic N) is 3. The van der Waals surface area contributed by atoms with Gasteiger partial charge in [-0.25, -0.2) is 0 Å². The van der Waals surface area contributed by atoms with Crippen LogP contribution in [0.2, 0.25) is 0 Å². The third-order valence-electron chi connectivity index (χ3n) is 7.36. The van der Waals surface area contributed by atoms with Gasteiger partial charge in [-0.3, -0.25) is 4.79 Å². The number of carbonyl (C=O) groups is 1. The molecule has 1 aromatic carbocycles. The van der Waals surface area contributed by atoms with Gasteiger partial charge in [-0.15, -0.1) is 0 Å². The van der Waals surface area contributed by atoms with E-state index in [4.69, 9.17) is 15.0 Å². The molecule has 0 radical (unpaired) electrons. The first kappa shape index (κ1) is 18.2. The number of aryl methyl sites for hydroxylation is 1. The van der Waals surface area contributed by atoms with Crippen molar-refractivity contribution in [3.05, 3.63) is 39.8 Å². The topological polar surface area (TPSA) is 84.3 Å². The van der Waals surface area contributed by atoms with Crippen molar-refractivity contribution in [2.75, 3.05) is 7.11 Å². The van der Waals surface area contributed by atoms with Crippen LogP contribution in [-0.4, -0.2) is 25.2 Å². The molecule has 1 aromatic rings. The Hall–Kier alpha value is -2.20. The van der Waals surface area contributed by atoms with Crippen molar-refractivity contribution in [3.8, 4) is 5.75 Å². The van der Waals surface area contributed by atoms with Crippen molar-refractivity contribution in [3.63, 3.8) is 0 Å². The van der Waals surface area contributed by atoms with E-state index in [1.807, 2.05) is 0 Å².